The van der Waals surface area contributed by atoms with E-state index in [-0.39, 0.29) is 5.78 Å². The Bertz CT molecular complexity index is 1160. The minimum absolute atomic E-state index is 0.0484. The minimum Gasteiger partial charge on any atom is -0.384 e. The summed E-state index contributed by atoms with van der Waals surface area (Å²) in [5, 5.41) is 10.8. The van der Waals surface area contributed by atoms with Crippen LogP contribution < -0.4 is 10.6 Å². The number of halogens is 3. The zero-order valence-electron chi connectivity index (χ0n) is 16.1. The number of carbonyl (C=O) groups excluding carboxylic acids is 1. The lowest BCUT2D eigenvalue weighted by Crippen LogP contribution is -2.38. The van der Waals surface area contributed by atoms with Crippen LogP contribution in [0, 0.1) is 11.3 Å². The first-order valence-corrected chi connectivity index (χ1v) is 11.9. The monoisotopic (exact) mass is 521 g/mol. The van der Waals surface area contributed by atoms with Gasteiger partial charge in [-0.1, -0.05) is 36.2 Å². The van der Waals surface area contributed by atoms with Crippen molar-refractivity contribution in [1.29, 1.82) is 5.26 Å². The van der Waals surface area contributed by atoms with E-state index in [0.717, 1.165) is 27.9 Å². The summed E-state index contributed by atoms with van der Waals surface area (Å²) in [7, 11) is 0. The number of carbonyl (C=O) groups is 1. The Morgan fingerprint density at radius 3 is 2.80 bits per heavy atom. The Hall–Kier alpha value is -1.78. The molecule has 0 fully saturated rings. The van der Waals surface area contributed by atoms with E-state index in [2.05, 4.69) is 28.9 Å². The van der Waals surface area contributed by atoms with E-state index >= 15 is 0 Å². The van der Waals surface area contributed by atoms with Gasteiger partial charge in [-0.05, 0) is 53.4 Å². The number of hydrogen-bond donors (Lipinski definition) is 1. The Kier molecular flexibility index (Phi) is 6.00. The highest BCUT2D eigenvalue weighted by Crippen LogP contribution is 2.50. The number of nitrogens with two attached hydrogens (primary N) is 1. The third-order valence-corrected chi connectivity index (χ3v) is 8.59. The van der Waals surface area contributed by atoms with Gasteiger partial charge in [-0.15, -0.1) is 11.3 Å². The molecule has 4 nitrogen and oxygen atoms in total. The van der Waals surface area contributed by atoms with Crippen LogP contribution >= 0.6 is 50.5 Å². The number of anilines is 1. The molecule has 0 radical (unpaired) electrons. The van der Waals surface area contributed by atoms with Crippen LogP contribution in [0.4, 0.5) is 5.69 Å². The number of ketones is 1. The highest BCUT2D eigenvalue weighted by molar-refractivity contribution is 9.10. The predicted molar refractivity (Wildman–Crippen MR) is 126 cm³/mol. The molecule has 2 N–H and O–H groups in total. The smallest absolute Gasteiger partial charge is 0.161 e. The molecule has 8 heteroatoms. The van der Waals surface area contributed by atoms with Gasteiger partial charge in [-0.2, -0.15) is 5.26 Å². The normalized spacial score (nSPS) is 19.2. The third-order valence-electron chi connectivity index (χ3n) is 5.47. The van der Waals surface area contributed by atoms with Crippen LogP contribution in [0.3, 0.4) is 0 Å². The van der Waals surface area contributed by atoms with Crippen molar-refractivity contribution in [1.82, 2.24) is 0 Å². The molecule has 4 rings (SSSR count). The van der Waals surface area contributed by atoms with Crippen molar-refractivity contribution in [2.45, 2.75) is 38.5 Å². The second-order valence-electron chi connectivity index (χ2n) is 7.16. The van der Waals surface area contributed by atoms with E-state index in [1.165, 1.54) is 4.88 Å². The number of allylic oxidation sites excluding steroid dienone is 3. The van der Waals surface area contributed by atoms with E-state index in [9.17, 15) is 10.1 Å². The third kappa shape index (κ3) is 3.38. The number of Topliss-reactive ketones (excluding diaryl/α,β-unsaturated/α-hetero) is 1. The molecule has 1 aromatic heterocycles. The molecule has 0 spiro atoms. The van der Waals surface area contributed by atoms with Gasteiger partial charge in [0, 0.05) is 31.9 Å². The largest absolute Gasteiger partial charge is 0.384 e. The molecule has 2 aliphatic rings. The number of nitrogens with zero attached hydrogens (tertiary/aromatic N) is 2. The summed E-state index contributed by atoms with van der Waals surface area (Å²) in [6.45, 7) is 2.08. The van der Waals surface area contributed by atoms with Gasteiger partial charge in [-0.3, -0.25) is 9.69 Å². The van der Waals surface area contributed by atoms with E-state index in [0.29, 0.717) is 45.5 Å². The summed E-state index contributed by atoms with van der Waals surface area (Å²) < 4.78 is 0.992. The molecule has 30 heavy (non-hydrogen) atoms. The van der Waals surface area contributed by atoms with Crippen molar-refractivity contribution in [2.75, 3.05) is 4.90 Å². The van der Waals surface area contributed by atoms with Crippen LogP contribution in [-0.4, -0.2) is 5.78 Å². The Labute approximate surface area is 197 Å². The van der Waals surface area contributed by atoms with Crippen LogP contribution in [0.2, 0.25) is 10.0 Å². The molecular weight excluding hydrogens is 505 g/mol. The van der Waals surface area contributed by atoms with Gasteiger partial charge in [0.05, 0.1) is 33.3 Å². The lowest BCUT2D eigenvalue weighted by molar-refractivity contribution is -0.116. The Morgan fingerprint density at radius 1 is 1.37 bits per heavy atom. The minimum atomic E-state index is -0.464. The second kappa shape index (κ2) is 8.39. The summed E-state index contributed by atoms with van der Waals surface area (Å²) in [4.78, 5) is 17.0. The van der Waals surface area contributed by atoms with Crippen LogP contribution in [0.15, 0.2) is 51.4 Å². The molecule has 2 aromatic rings. The standard InChI is InChI=1S/C22H18BrCl2N3OS/c1-2-17-12(23)9-18(30-17)19-11(10-26)22(27)28(14-6-4-8-16(29)20(14)19)15-7-3-5-13(24)21(15)25/h3,5,7,9,19H,2,4,6,8,27H2,1H3. The first-order chi connectivity index (χ1) is 14.4. The van der Waals surface area contributed by atoms with Crippen molar-refractivity contribution >= 4 is 61.9 Å². The molecule has 0 saturated carbocycles. The van der Waals surface area contributed by atoms with Gasteiger partial charge in [0.15, 0.2) is 5.78 Å². The second-order valence-corrected chi connectivity index (χ2v) is 9.97. The lowest BCUT2D eigenvalue weighted by Gasteiger charge is -2.39. The van der Waals surface area contributed by atoms with Crippen molar-refractivity contribution in [3.63, 3.8) is 0 Å². The van der Waals surface area contributed by atoms with Crippen molar-refractivity contribution < 1.29 is 4.79 Å². The lowest BCUT2D eigenvalue weighted by atomic mass is 9.78. The molecule has 0 saturated heterocycles. The maximum Gasteiger partial charge on any atom is 0.161 e. The molecule has 0 amide bonds. The van der Waals surface area contributed by atoms with Crippen molar-refractivity contribution in [2.24, 2.45) is 5.73 Å². The predicted octanol–water partition coefficient (Wildman–Crippen LogP) is 6.68. The van der Waals surface area contributed by atoms with Gasteiger partial charge in [0.1, 0.15) is 5.82 Å². The summed E-state index contributed by atoms with van der Waals surface area (Å²) >= 11 is 18.0. The number of hydrogen-bond acceptors (Lipinski definition) is 5. The van der Waals surface area contributed by atoms with E-state index < -0.39 is 5.92 Å². The number of thiophene rings is 1. The quantitative estimate of drug-likeness (QED) is 0.487. The number of nitriles is 1. The van der Waals surface area contributed by atoms with Crippen LogP contribution in [-0.2, 0) is 11.2 Å². The summed E-state index contributed by atoms with van der Waals surface area (Å²) in [6.07, 6.45) is 2.72. The fourth-order valence-corrected chi connectivity index (χ4v) is 6.54. The van der Waals surface area contributed by atoms with Crippen LogP contribution in [0.25, 0.3) is 0 Å². The van der Waals surface area contributed by atoms with E-state index in [4.69, 9.17) is 28.9 Å². The van der Waals surface area contributed by atoms with Crippen molar-refractivity contribution in [3.8, 4) is 6.07 Å². The highest BCUT2D eigenvalue weighted by Gasteiger charge is 2.41. The first-order valence-electron chi connectivity index (χ1n) is 9.57. The maximum atomic E-state index is 13.1. The molecule has 1 aromatic carbocycles. The van der Waals surface area contributed by atoms with Crippen LogP contribution in [0.1, 0.15) is 41.9 Å². The summed E-state index contributed by atoms with van der Waals surface area (Å²) in [5.74, 6) is -0.122. The molecule has 0 bridgehead atoms. The molecule has 1 unspecified atom stereocenters. The van der Waals surface area contributed by atoms with Gasteiger partial charge in [0.2, 0.25) is 0 Å². The zero-order chi connectivity index (χ0) is 21.6. The Balaban J connectivity index is 1.99. The number of benzene rings is 1. The molecule has 1 aliphatic carbocycles. The van der Waals surface area contributed by atoms with Gasteiger partial charge in [-0.25, -0.2) is 0 Å². The molecule has 1 atom stereocenters. The van der Waals surface area contributed by atoms with Crippen molar-refractivity contribution in [3.05, 3.63) is 71.2 Å². The first kappa shape index (κ1) is 21.5. The van der Waals surface area contributed by atoms with Crippen LogP contribution in [0.5, 0.6) is 0 Å². The fourth-order valence-electron chi connectivity index (χ4n) is 4.12. The van der Waals surface area contributed by atoms with Gasteiger partial charge in [0.25, 0.3) is 0 Å². The van der Waals surface area contributed by atoms with E-state index in [1.807, 2.05) is 6.07 Å². The van der Waals surface area contributed by atoms with Gasteiger partial charge < -0.3 is 5.73 Å². The summed E-state index contributed by atoms with van der Waals surface area (Å²) in [6, 6.07) is 9.57. The van der Waals surface area contributed by atoms with Gasteiger partial charge >= 0.3 is 0 Å². The highest BCUT2D eigenvalue weighted by atomic mass is 79.9. The Morgan fingerprint density at radius 2 is 2.13 bits per heavy atom. The number of rotatable bonds is 3. The molecule has 1 aliphatic heterocycles. The SMILES string of the molecule is CCc1sc(C2C(C#N)=C(N)N(c3cccc(Cl)c3Cl)C3=C2C(=O)CCC3)cc1Br. The zero-order valence-corrected chi connectivity index (χ0v) is 20.1. The molecular formula is C22H18BrCl2N3OS. The fraction of sp³-hybridized carbons (Fsp3) is 0.273. The van der Waals surface area contributed by atoms with E-state index in [1.54, 1.807) is 34.4 Å². The topological polar surface area (TPSA) is 70.1 Å². The molecule has 2 heterocycles. The number of aryl methyl sites for hydroxylation is 1. The summed E-state index contributed by atoms with van der Waals surface area (Å²) in [5.41, 5.74) is 8.95. The maximum absolute atomic E-state index is 13.1. The average molecular weight is 523 g/mol. The average Bonchev–Trinajstić information content (AvgIpc) is 3.10. The molecule has 154 valence electrons.